The molecule has 0 amide bonds. The summed E-state index contributed by atoms with van der Waals surface area (Å²) in [5.74, 6) is 0. The Bertz CT molecular complexity index is 15.5. The van der Waals surface area contributed by atoms with E-state index >= 15 is 0 Å². The van der Waals surface area contributed by atoms with Gasteiger partial charge in [0.1, 0.15) is 0 Å². The molecule has 6 heavy (non-hydrogen) atoms. The minimum absolute atomic E-state index is 0. The number of hydrogen-bond donors (Lipinski definition) is 0. The molecule has 0 fully saturated rings. The van der Waals surface area contributed by atoms with Gasteiger partial charge in [-0.15, -0.1) is 12.4 Å². The van der Waals surface area contributed by atoms with E-state index in [0.717, 1.165) is 0 Å². The van der Waals surface area contributed by atoms with Gasteiger partial charge in [-0.05, 0) is 21.1 Å². The Morgan fingerprint density at radius 3 is 1.00 bits per heavy atom. The Kier molecular flexibility index (Phi) is 24.4. The molecule has 0 aromatic rings. The maximum Gasteiger partial charge on any atom is 0 e. The molecule has 0 N–H and O–H groups in total. The van der Waals surface area contributed by atoms with Gasteiger partial charge >= 0.3 is 0 Å². The third kappa shape index (κ3) is 114. The quantitative estimate of drug-likeness (QED) is 0.468. The number of nitrogens with zero attached hydrogens (tertiary/aromatic N) is 1. The van der Waals surface area contributed by atoms with Crippen LogP contribution in [0.4, 0.5) is 0 Å². The largest absolute Gasteiger partial charge is 0.312 e. The van der Waals surface area contributed by atoms with E-state index in [1.165, 1.54) is 0 Å². The summed E-state index contributed by atoms with van der Waals surface area (Å²) in [6, 6.07) is 0. The van der Waals surface area contributed by atoms with Crippen LogP contribution in [0, 0.1) is 0 Å². The molecule has 0 aliphatic carbocycles. The van der Waals surface area contributed by atoms with Gasteiger partial charge in [-0.25, -0.2) is 0 Å². The number of hydrogen-bond acceptors (Lipinski definition) is 1. The minimum Gasteiger partial charge on any atom is -0.312 e. The molecule has 0 aliphatic rings. The van der Waals surface area contributed by atoms with Crippen molar-refractivity contribution in [2.24, 2.45) is 0 Å². The van der Waals surface area contributed by atoms with Crippen LogP contribution < -0.4 is 0 Å². The van der Waals surface area contributed by atoms with E-state index in [4.69, 9.17) is 0 Å². The van der Waals surface area contributed by atoms with E-state index in [0.29, 0.717) is 0 Å². The maximum atomic E-state index is 2.00. The Hall–Kier alpha value is 0.769. The molecule has 0 aliphatic heterocycles. The third-order valence-corrected chi connectivity index (χ3v) is 0. The van der Waals surface area contributed by atoms with Crippen molar-refractivity contribution in [3.63, 3.8) is 0 Å². The van der Waals surface area contributed by atoms with Gasteiger partial charge in [0.2, 0.25) is 0 Å². The first kappa shape index (κ1) is 15.9. The van der Waals surface area contributed by atoms with Crippen molar-refractivity contribution in [3.8, 4) is 0 Å². The number of rotatable bonds is 0. The first-order valence-corrected chi connectivity index (χ1v) is 1.34. The molecule has 0 aromatic carbocycles. The molecule has 0 aromatic heterocycles. The smallest absolute Gasteiger partial charge is 0 e. The molecule has 0 atom stereocenters. The van der Waals surface area contributed by atoms with E-state index in [-0.39, 0.29) is 29.5 Å². The van der Waals surface area contributed by atoms with Crippen LogP contribution in [-0.4, -0.2) is 26.0 Å². The zero-order valence-electron chi connectivity index (χ0n) is 4.16. The fourth-order valence-corrected chi connectivity index (χ4v) is 0. The second kappa shape index (κ2) is 9.24. The van der Waals surface area contributed by atoms with Gasteiger partial charge in [0.15, 0.2) is 0 Å². The summed E-state index contributed by atoms with van der Waals surface area (Å²) in [6.45, 7) is 0. The van der Waals surface area contributed by atoms with Crippen LogP contribution in [0.3, 0.4) is 0 Å². The Balaban J connectivity index is -0.0000000450. The van der Waals surface area contributed by atoms with Crippen molar-refractivity contribution in [1.82, 2.24) is 4.90 Å². The van der Waals surface area contributed by atoms with Crippen LogP contribution >= 0.6 is 12.4 Å². The van der Waals surface area contributed by atoms with Crippen molar-refractivity contribution in [2.45, 2.75) is 0 Å². The summed E-state index contributed by atoms with van der Waals surface area (Å²) in [7, 11) is 6.00. The molecule has 3 heteroatoms. The zero-order valence-corrected chi connectivity index (χ0v) is 5.92. The van der Waals surface area contributed by atoms with E-state index in [1.54, 1.807) is 0 Å². The van der Waals surface area contributed by atoms with Gasteiger partial charge in [0.05, 0.1) is 0 Å². The van der Waals surface area contributed by atoms with Gasteiger partial charge in [-0.3, -0.25) is 0 Å². The molecular formula is C3H10ClCuN. The predicted octanol–water partition coefficient (Wildman–Crippen LogP) is 0.597. The maximum absolute atomic E-state index is 2.00. The van der Waals surface area contributed by atoms with Crippen LogP contribution in [0.15, 0.2) is 0 Å². The second-order valence-corrected chi connectivity index (χ2v) is 1.34. The van der Waals surface area contributed by atoms with Gasteiger partial charge < -0.3 is 4.90 Å². The van der Waals surface area contributed by atoms with Crippen LogP contribution in [0.1, 0.15) is 0 Å². The average molecular weight is 159 g/mol. The van der Waals surface area contributed by atoms with Crippen LogP contribution in [0.25, 0.3) is 0 Å². The van der Waals surface area contributed by atoms with Crippen molar-refractivity contribution in [2.75, 3.05) is 21.1 Å². The molecule has 0 saturated carbocycles. The fourth-order valence-electron chi connectivity index (χ4n) is 0. The average Bonchev–Trinajstić information content (AvgIpc) is 0.811. The summed E-state index contributed by atoms with van der Waals surface area (Å²) in [4.78, 5) is 2.00. The topological polar surface area (TPSA) is 3.24 Å². The van der Waals surface area contributed by atoms with E-state index in [9.17, 15) is 0 Å². The van der Waals surface area contributed by atoms with Gasteiger partial charge in [0.25, 0.3) is 0 Å². The fraction of sp³-hybridized carbons (Fsp3) is 1.00. The SMILES string of the molecule is CN(C)C.Cl.[Cu]. The Morgan fingerprint density at radius 2 is 1.00 bits per heavy atom. The van der Waals surface area contributed by atoms with Gasteiger partial charge in [0, 0.05) is 17.1 Å². The molecule has 0 spiro atoms. The van der Waals surface area contributed by atoms with Gasteiger partial charge in [-0.1, -0.05) is 0 Å². The first-order valence-electron chi connectivity index (χ1n) is 1.34. The summed E-state index contributed by atoms with van der Waals surface area (Å²) < 4.78 is 0. The minimum atomic E-state index is 0. The molecule has 0 heterocycles. The summed E-state index contributed by atoms with van der Waals surface area (Å²) in [5, 5.41) is 0. The van der Waals surface area contributed by atoms with Crippen molar-refractivity contribution >= 4 is 12.4 Å². The van der Waals surface area contributed by atoms with Crippen molar-refractivity contribution in [1.29, 1.82) is 0 Å². The second-order valence-electron chi connectivity index (χ2n) is 1.34. The third-order valence-electron chi connectivity index (χ3n) is 0. The predicted molar refractivity (Wildman–Crippen MR) is 26.9 cm³/mol. The summed E-state index contributed by atoms with van der Waals surface area (Å²) in [6.07, 6.45) is 0. The molecule has 0 saturated heterocycles. The summed E-state index contributed by atoms with van der Waals surface area (Å²) in [5.41, 5.74) is 0. The van der Waals surface area contributed by atoms with E-state index in [2.05, 4.69) is 0 Å². The molecule has 1 nitrogen and oxygen atoms in total. The van der Waals surface area contributed by atoms with E-state index < -0.39 is 0 Å². The standard InChI is InChI=1S/C3H9N.ClH.Cu/c1-4(2)3;;/h1-3H3;1H;. The van der Waals surface area contributed by atoms with Crippen LogP contribution in [0.5, 0.6) is 0 Å². The molecule has 1 radical (unpaired) electrons. The molecule has 45 valence electrons. The Morgan fingerprint density at radius 1 is 1.00 bits per heavy atom. The van der Waals surface area contributed by atoms with Crippen molar-refractivity contribution < 1.29 is 17.1 Å². The molecule has 0 rings (SSSR count). The molecule has 0 unspecified atom stereocenters. The molecular weight excluding hydrogens is 149 g/mol. The number of halogens is 1. The van der Waals surface area contributed by atoms with Crippen LogP contribution in [0.2, 0.25) is 0 Å². The normalized spacial score (nSPS) is 6.00. The molecule has 0 bridgehead atoms. The zero-order chi connectivity index (χ0) is 3.58. The first-order chi connectivity index (χ1) is 1.73. The van der Waals surface area contributed by atoms with Gasteiger partial charge in [-0.2, -0.15) is 0 Å². The van der Waals surface area contributed by atoms with Crippen molar-refractivity contribution in [3.05, 3.63) is 0 Å². The summed E-state index contributed by atoms with van der Waals surface area (Å²) >= 11 is 0. The van der Waals surface area contributed by atoms with E-state index in [1.807, 2.05) is 26.0 Å². The van der Waals surface area contributed by atoms with Crippen LogP contribution in [-0.2, 0) is 17.1 Å². The monoisotopic (exact) mass is 158 g/mol. The Labute approximate surface area is 56.0 Å².